The van der Waals surface area contributed by atoms with Crippen molar-refractivity contribution in [1.82, 2.24) is 15.5 Å². The van der Waals surface area contributed by atoms with Gasteiger partial charge in [0, 0.05) is 13.1 Å². The van der Waals surface area contributed by atoms with Gasteiger partial charge in [0.25, 0.3) is 0 Å². The molecule has 35 heavy (non-hydrogen) atoms. The highest BCUT2D eigenvalue weighted by molar-refractivity contribution is 5.95. The molecule has 1 rings (SSSR count). The van der Waals surface area contributed by atoms with Gasteiger partial charge in [-0.3, -0.25) is 24.2 Å². The number of amides is 3. The normalized spacial score (nSPS) is 18.6. The molecule has 14 heteroatoms. The van der Waals surface area contributed by atoms with E-state index in [0.29, 0.717) is 19.3 Å². The first-order chi connectivity index (χ1) is 16.4. The molecule has 1 fully saturated rings. The van der Waals surface area contributed by atoms with Gasteiger partial charge in [-0.25, -0.2) is 4.79 Å². The summed E-state index contributed by atoms with van der Waals surface area (Å²) < 4.78 is 0. The fraction of sp³-hybridized carbons (Fsp3) is 0.714. The molecule has 14 nitrogen and oxygen atoms in total. The van der Waals surface area contributed by atoms with Crippen LogP contribution in [0.5, 0.6) is 0 Å². The molecule has 10 N–H and O–H groups in total. The van der Waals surface area contributed by atoms with E-state index in [-0.39, 0.29) is 37.8 Å². The number of aliphatic carboxylic acids is 2. The number of hydrogen-bond acceptors (Lipinski definition) is 7. The van der Waals surface area contributed by atoms with Crippen molar-refractivity contribution >= 4 is 35.6 Å². The smallest absolute Gasteiger partial charge is 0.326 e. The number of carboxylic acids is 2. The molecular weight excluding hydrogens is 462 g/mol. The van der Waals surface area contributed by atoms with Gasteiger partial charge in [0.05, 0.1) is 12.5 Å². The number of likely N-dealkylation sites (tertiary alicyclic amines) is 1. The van der Waals surface area contributed by atoms with Crippen molar-refractivity contribution in [1.29, 1.82) is 0 Å². The molecule has 0 radical (unpaired) electrons. The number of rotatable bonds is 14. The number of carboxylic acid groups (broad SMARTS) is 2. The summed E-state index contributed by atoms with van der Waals surface area (Å²) in [6, 6.07) is -4.48. The maximum Gasteiger partial charge on any atom is 0.326 e. The quantitative estimate of drug-likeness (QED) is 0.0781. The Morgan fingerprint density at radius 3 is 2.31 bits per heavy atom. The predicted octanol–water partition coefficient (Wildman–Crippen LogP) is -2.07. The van der Waals surface area contributed by atoms with Gasteiger partial charge in [-0.15, -0.1) is 0 Å². The second-order valence-corrected chi connectivity index (χ2v) is 8.61. The van der Waals surface area contributed by atoms with E-state index in [2.05, 4.69) is 15.6 Å². The van der Waals surface area contributed by atoms with Gasteiger partial charge in [0.2, 0.25) is 17.7 Å². The molecular formula is C21H37N7O7. The highest BCUT2D eigenvalue weighted by Gasteiger charge is 2.39. The Labute approximate surface area is 203 Å². The van der Waals surface area contributed by atoms with Crippen LogP contribution in [0.1, 0.15) is 52.4 Å². The lowest BCUT2D eigenvalue weighted by Gasteiger charge is -2.30. The summed E-state index contributed by atoms with van der Waals surface area (Å²) >= 11 is 0. The van der Waals surface area contributed by atoms with Crippen molar-refractivity contribution in [2.24, 2.45) is 28.1 Å². The Bertz CT molecular complexity index is 816. The lowest BCUT2D eigenvalue weighted by atomic mass is 9.98. The molecule has 1 saturated heterocycles. The highest BCUT2D eigenvalue weighted by atomic mass is 16.4. The molecule has 1 aliphatic heterocycles. The van der Waals surface area contributed by atoms with Crippen LogP contribution in [0.3, 0.4) is 0 Å². The van der Waals surface area contributed by atoms with E-state index in [0.717, 1.165) is 0 Å². The van der Waals surface area contributed by atoms with E-state index < -0.39 is 60.2 Å². The minimum atomic E-state index is -1.64. The van der Waals surface area contributed by atoms with Crippen LogP contribution in [0.15, 0.2) is 4.99 Å². The minimum Gasteiger partial charge on any atom is -0.481 e. The zero-order chi connectivity index (χ0) is 26.7. The lowest BCUT2D eigenvalue weighted by molar-refractivity contribution is -0.148. The molecule has 0 aromatic carbocycles. The summed E-state index contributed by atoms with van der Waals surface area (Å²) in [4.78, 5) is 66.2. The van der Waals surface area contributed by atoms with Gasteiger partial charge in [-0.2, -0.15) is 0 Å². The van der Waals surface area contributed by atoms with Crippen LogP contribution in [0.25, 0.3) is 0 Å². The molecule has 0 bridgehead atoms. The zero-order valence-electron chi connectivity index (χ0n) is 20.1. The molecule has 1 aliphatic rings. The van der Waals surface area contributed by atoms with Gasteiger partial charge in [0.1, 0.15) is 18.1 Å². The topological polar surface area (TPSA) is 244 Å². The zero-order valence-corrected chi connectivity index (χ0v) is 20.1. The first kappa shape index (κ1) is 29.6. The van der Waals surface area contributed by atoms with Gasteiger partial charge < -0.3 is 42.9 Å². The van der Waals surface area contributed by atoms with Gasteiger partial charge in [0.15, 0.2) is 5.96 Å². The maximum atomic E-state index is 13.4. The van der Waals surface area contributed by atoms with E-state index in [1.807, 2.05) is 13.8 Å². The number of nitrogens with zero attached hydrogens (tertiary/aromatic N) is 2. The Hall–Kier alpha value is -3.42. The summed E-state index contributed by atoms with van der Waals surface area (Å²) in [5.74, 6) is -4.93. The monoisotopic (exact) mass is 499 g/mol. The van der Waals surface area contributed by atoms with E-state index in [4.69, 9.17) is 22.3 Å². The van der Waals surface area contributed by atoms with Crippen molar-refractivity contribution < 1.29 is 34.2 Å². The molecule has 1 heterocycles. The van der Waals surface area contributed by atoms with Crippen LogP contribution in [0.2, 0.25) is 0 Å². The summed E-state index contributed by atoms with van der Waals surface area (Å²) in [6.07, 6.45) is 1.12. The Morgan fingerprint density at radius 2 is 1.77 bits per heavy atom. The molecule has 0 spiro atoms. The molecule has 0 saturated carbocycles. The summed E-state index contributed by atoms with van der Waals surface area (Å²) in [5.41, 5.74) is 16.7. The van der Waals surface area contributed by atoms with E-state index in [1.54, 1.807) is 0 Å². The number of hydrogen-bond donors (Lipinski definition) is 7. The largest absolute Gasteiger partial charge is 0.481 e. The van der Waals surface area contributed by atoms with Crippen LogP contribution in [0, 0.1) is 5.92 Å². The number of carbonyl (C=O) groups is 5. The van der Waals surface area contributed by atoms with E-state index in [1.165, 1.54) is 4.90 Å². The molecule has 0 aromatic heterocycles. The van der Waals surface area contributed by atoms with Crippen LogP contribution in [-0.2, 0) is 24.0 Å². The van der Waals surface area contributed by atoms with Crippen molar-refractivity contribution in [3.63, 3.8) is 0 Å². The number of nitrogens with one attached hydrogen (secondary N) is 2. The van der Waals surface area contributed by atoms with E-state index in [9.17, 15) is 29.1 Å². The lowest BCUT2D eigenvalue weighted by Crippen LogP contribution is -2.57. The standard InChI is InChI=1S/C21H37N7O7/c1-3-11(2)16(22)18(32)26-12(6-4-8-25-21(23)24)19(33)28-9-5-7-14(28)17(31)27-13(20(34)35)10-15(29)30/h11-14,16H,3-10,22H2,1-2H3,(H,26,32)(H,27,31)(H,29,30)(H,34,35)(H4,23,24,25). The molecule has 3 amide bonds. The Kier molecular flexibility index (Phi) is 11.9. The predicted molar refractivity (Wildman–Crippen MR) is 126 cm³/mol. The third-order valence-electron chi connectivity index (χ3n) is 5.95. The minimum absolute atomic E-state index is 0.110. The third-order valence-corrected chi connectivity index (χ3v) is 5.95. The average molecular weight is 500 g/mol. The Balaban J connectivity index is 3.02. The molecule has 5 atom stereocenters. The second kappa shape index (κ2) is 14.1. The fourth-order valence-electron chi connectivity index (χ4n) is 3.69. The van der Waals surface area contributed by atoms with Gasteiger partial charge in [-0.1, -0.05) is 20.3 Å². The average Bonchev–Trinajstić information content (AvgIpc) is 3.28. The van der Waals surface area contributed by atoms with Crippen molar-refractivity contribution in [3.8, 4) is 0 Å². The van der Waals surface area contributed by atoms with Crippen LogP contribution in [0.4, 0.5) is 0 Å². The van der Waals surface area contributed by atoms with Crippen molar-refractivity contribution in [2.75, 3.05) is 13.1 Å². The summed E-state index contributed by atoms with van der Waals surface area (Å²) in [5, 5.41) is 23.0. The first-order valence-electron chi connectivity index (χ1n) is 11.6. The van der Waals surface area contributed by atoms with Crippen molar-refractivity contribution in [3.05, 3.63) is 0 Å². The molecule has 5 unspecified atom stereocenters. The fourth-order valence-corrected chi connectivity index (χ4v) is 3.69. The van der Waals surface area contributed by atoms with Crippen molar-refractivity contribution in [2.45, 2.75) is 76.5 Å². The van der Waals surface area contributed by atoms with Gasteiger partial charge >= 0.3 is 11.9 Å². The molecule has 198 valence electrons. The summed E-state index contributed by atoms with van der Waals surface area (Å²) in [6.45, 7) is 4.14. The van der Waals surface area contributed by atoms with Crippen LogP contribution >= 0.6 is 0 Å². The maximum absolute atomic E-state index is 13.4. The number of carbonyl (C=O) groups excluding carboxylic acids is 3. The number of nitrogens with two attached hydrogens (primary N) is 3. The van der Waals surface area contributed by atoms with E-state index >= 15 is 0 Å². The number of aliphatic imine (C=N–C) groups is 1. The second-order valence-electron chi connectivity index (χ2n) is 8.61. The molecule has 0 aliphatic carbocycles. The summed E-state index contributed by atoms with van der Waals surface area (Å²) in [7, 11) is 0. The molecule has 0 aromatic rings. The van der Waals surface area contributed by atoms with Gasteiger partial charge in [-0.05, 0) is 31.6 Å². The SMILES string of the molecule is CCC(C)C(N)C(=O)NC(CCCN=C(N)N)C(=O)N1CCCC1C(=O)NC(CC(=O)O)C(=O)O. The number of guanidine groups is 1. The highest BCUT2D eigenvalue weighted by Crippen LogP contribution is 2.20. The Morgan fingerprint density at radius 1 is 1.11 bits per heavy atom. The van der Waals surface area contributed by atoms with Crippen LogP contribution < -0.4 is 27.8 Å². The first-order valence-corrected chi connectivity index (χ1v) is 11.6. The third kappa shape index (κ3) is 9.39. The van der Waals surface area contributed by atoms with Crippen LogP contribution in [-0.4, -0.2) is 88.0 Å².